The van der Waals surface area contributed by atoms with E-state index in [0.717, 1.165) is 23.7 Å². The number of primary amides is 1. The molecule has 3 N–H and O–H groups in total. The number of fused-ring (bicyclic) bond motifs is 1. The molecular weight excluding hydrogens is 408 g/mol. The lowest BCUT2D eigenvalue weighted by molar-refractivity contribution is -0.127. The predicted molar refractivity (Wildman–Crippen MR) is 122 cm³/mol. The molecule has 2 amide bonds. The summed E-state index contributed by atoms with van der Waals surface area (Å²) in [6.07, 6.45) is 4.78. The van der Waals surface area contributed by atoms with Gasteiger partial charge >= 0.3 is 0 Å². The van der Waals surface area contributed by atoms with E-state index in [9.17, 15) is 9.59 Å². The van der Waals surface area contributed by atoms with Gasteiger partial charge in [-0.3, -0.25) is 14.6 Å². The second kappa shape index (κ2) is 8.96. The smallest absolute Gasteiger partial charge is 0.273 e. The van der Waals surface area contributed by atoms with Crippen molar-refractivity contribution in [2.45, 2.75) is 18.9 Å². The van der Waals surface area contributed by atoms with Crippen LogP contribution in [-0.2, 0) is 4.79 Å². The van der Waals surface area contributed by atoms with E-state index >= 15 is 0 Å². The van der Waals surface area contributed by atoms with Gasteiger partial charge < -0.3 is 20.9 Å². The van der Waals surface area contributed by atoms with Crippen LogP contribution in [0.3, 0.4) is 0 Å². The molecule has 1 aliphatic heterocycles. The minimum absolute atomic E-state index is 0.00784. The monoisotopic (exact) mass is 432 g/mol. The molecular formula is C22H24N8O2. The Kier molecular flexibility index (Phi) is 5.93. The minimum Gasteiger partial charge on any atom is -0.364 e. The number of nitrogens with zero attached hydrogens (tertiary/aromatic N) is 6. The van der Waals surface area contributed by atoms with Crippen LogP contribution in [0.2, 0.25) is 0 Å². The Bertz CT molecular complexity index is 1180. The third-order valence-corrected chi connectivity index (χ3v) is 5.52. The van der Waals surface area contributed by atoms with Crippen LogP contribution >= 0.6 is 0 Å². The molecule has 0 saturated carbocycles. The van der Waals surface area contributed by atoms with Crippen LogP contribution in [0.25, 0.3) is 10.9 Å². The molecule has 4 rings (SSSR count). The highest BCUT2D eigenvalue weighted by Gasteiger charge is 2.27. The van der Waals surface area contributed by atoms with Crippen molar-refractivity contribution in [2.75, 3.05) is 30.4 Å². The van der Waals surface area contributed by atoms with Crippen LogP contribution in [0.15, 0.2) is 49.2 Å². The van der Waals surface area contributed by atoms with E-state index in [1.807, 2.05) is 42.3 Å². The molecule has 0 spiro atoms. The van der Waals surface area contributed by atoms with Gasteiger partial charge in [-0.25, -0.2) is 0 Å². The second-order valence-electron chi connectivity index (χ2n) is 7.60. The van der Waals surface area contributed by atoms with Crippen molar-refractivity contribution in [1.29, 1.82) is 0 Å². The highest BCUT2D eigenvalue weighted by atomic mass is 16.2. The Morgan fingerprint density at radius 2 is 2.16 bits per heavy atom. The van der Waals surface area contributed by atoms with E-state index in [1.54, 1.807) is 11.1 Å². The van der Waals surface area contributed by atoms with E-state index in [-0.39, 0.29) is 23.5 Å². The number of pyridine rings is 1. The first kappa shape index (κ1) is 21.2. The van der Waals surface area contributed by atoms with Crippen molar-refractivity contribution < 1.29 is 9.59 Å². The summed E-state index contributed by atoms with van der Waals surface area (Å²) in [4.78, 5) is 36.4. The summed E-state index contributed by atoms with van der Waals surface area (Å²) in [7, 11) is 1.85. The first-order valence-corrected chi connectivity index (χ1v) is 10.3. The summed E-state index contributed by atoms with van der Waals surface area (Å²) < 4.78 is 0. The average molecular weight is 432 g/mol. The first-order valence-electron chi connectivity index (χ1n) is 10.3. The number of piperidine rings is 1. The lowest BCUT2D eigenvalue weighted by atomic mass is 10.0. The molecule has 0 aliphatic carbocycles. The predicted octanol–water partition coefficient (Wildman–Crippen LogP) is 1.88. The van der Waals surface area contributed by atoms with Gasteiger partial charge in [0.2, 0.25) is 11.9 Å². The van der Waals surface area contributed by atoms with Crippen molar-refractivity contribution in [1.82, 2.24) is 25.1 Å². The molecule has 32 heavy (non-hydrogen) atoms. The zero-order valence-corrected chi connectivity index (χ0v) is 17.7. The maximum Gasteiger partial charge on any atom is 0.273 e. The molecule has 0 unspecified atom stereocenters. The van der Waals surface area contributed by atoms with Gasteiger partial charge in [0, 0.05) is 43.4 Å². The number of nitrogens with two attached hydrogens (primary N) is 1. The molecule has 10 nitrogen and oxygen atoms in total. The van der Waals surface area contributed by atoms with Gasteiger partial charge in [0.15, 0.2) is 11.5 Å². The van der Waals surface area contributed by atoms with Crippen molar-refractivity contribution in [3.63, 3.8) is 0 Å². The molecule has 3 heterocycles. The van der Waals surface area contributed by atoms with E-state index in [4.69, 9.17) is 5.73 Å². The fourth-order valence-corrected chi connectivity index (χ4v) is 3.77. The van der Waals surface area contributed by atoms with Crippen LogP contribution in [0.1, 0.15) is 23.3 Å². The summed E-state index contributed by atoms with van der Waals surface area (Å²) >= 11 is 0. The molecule has 1 aromatic carbocycles. The molecule has 1 saturated heterocycles. The number of hydrogen-bond donors (Lipinski definition) is 2. The van der Waals surface area contributed by atoms with Gasteiger partial charge in [0.05, 0.1) is 5.52 Å². The quantitative estimate of drug-likeness (QED) is 0.565. The van der Waals surface area contributed by atoms with E-state index in [2.05, 4.69) is 32.1 Å². The van der Waals surface area contributed by atoms with Gasteiger partial charge in [-0.1, -0.05) is 12.6 Å². The van der Waals surface area contributed by atoms with E-state index in [0.29, 0.717) is 24.7 Å². The summed E-state index contributed by atoms with van der Waals surface area (Å²) in [6.45, 7) is 4.79. The molecule has 0 bridgehead atoms. The molecule has 0 radical (unpaired) electrons. The normalized spacial score (nSPS) is 15.9. The summed E-state index contributed by atoms with van der Waals surface area (Å²) in [5, 5.41) is 12.2. The van der Waals surface area contributed by atoms with Crippen LogP contribution in [0.4, 0.5) is 17.5 Å². The number of rotatable bonds is 6. The molecule has 1 atom stereocenters. The van der Waals surface area contributed by atoms with Gasteiger partial charge in [-0.15, -0.1) is 10.2 Å². The van der Waals surface area contributed by atoms with Crippen molar-refractivity contribution in [2.24, 2.45) is 5.73 Å². The molecule has 10 heteroatoms. The molecule has 2 aromatic heterocycles. The number of carbonyl (C=O) groups is 2. The number of nitrogens with one attached hydrogen (secondary N) is 1. The van der Waals surface area contributed by atoms with Crippen molar-refractivity contribution in [3.8, 4) is 0 Å². The fourth-order valence-electron chi connectivity index (χ4n) is 3.77. The maximum absolute atomic E-state index is 12.0. The standard InChI is InChI=1S/C22H24N8O2/c1-3-18(31)30-11-5-7-16(13-30)29(2)22-26-21(19(20(23)32)27-28-22)25-15-8-9-17-14(12-15)6-4-10-24-17/h3-4,6,8-10,12,16H,1,5,7,11,13H2,2H3,(H2,23,32)(H,25,26,28)/t16-/m1/s1. The molecule has 3 aromatic rings. The molecule has 1 fully saturated rings. The van der Waals surface area contributed by atoms with Crippen molar-refractivity contribution >= 4 is 40.2 Å². The zero-order chi connectivity index (χ0) is 22.7. The van der Waals surface area contributed by atoms with Gasteiger partial charge in [0.25, 0.3) is 5.91 Å². The Hall–Kier alpha value is -4.08. The third-order valence-electron chi connectivity index (χ3n) is 5.52. The maximum atomic E-state index is 12.0. The summed E-state index contributed by atoms with van der Waals surface area (Å²) in [6, 6.07) is 9.42. The van der Waals surface area contributed by atoms with Gasteiger partial charge in [-0.2, -0.15) is 4.98 Å². The number of likely N-dealkylation sites (N-methyl/N-ethyl adjacent to an activating group) is 1. The number of anilines is 3. The number of hydrogen-bond acceptors (Lipinski definition) is 8. The summed E-state index contributed by atoms with van der Waals surface area (Å²) in [5.41, 5.74) is 7.00. The first-order chi connectivity index (χ1) is 15.5. The van der Waals surface area contributed by atoms with E-state index in [1.165, 1.54) is 6.08 Å². The lowest BCUT2D eigenvalue weighted by Crippen LogP contribution is -2.48. The van der Waals surface area contributed by atoms with E-state index < -0.39 is 5.91 Å². The number of amides is 2. The number of aromatic nitrogens is 4. The largest absolute Gasteiger partial charge is 0.364 e. The van der Waals surface area contributed by atoms with Crippen molar-refractivity contribution in [3.05, 3.63) is 54.9 Å². The molecule has 164 valence electrons. The lowest BCUT2D eigenvalue weighted by Gasteiger charge is -2.37. The molecule has 1 aliphatic rings. The Morgan fingerprint density at radius 1 is 1.31 bits per heavy atom. The third kappa shape index (κ3) is 4.34. The van der Waals surface area contributed by atoms with Crippen LogP contribution in [0.5, 0.6) is 0 Å². The highest BCUT2D eigenvalue weighted by molar-refractivity contribution is 5.96. The van der Waals surface area contributed by atoms with Gasteiger partial charge in [0.1, 0.15) is 0 Å². The SMILES string of the molecule is C=CC(=O)N1CCC[C@@H](N(C)c2nnc(C(N)=O)c(Nc3ccc4ncccc4c3)n2)C1. The Labute approximate surface area is 185 Å². The van der Waals surface area contributed by atoms with Gasteiger partial charge in [-0.05, 0) is 43.2 Å². The number of likely N-dealkylation sites (tertiary alicyclic amines) is 1. The number of carbonyl (C=O) groups excluding carboxylic acids is 2. The minimum atomic E-state index is -0.732. The average Bonchev–Trinajstić information content (AvgIpc) is 2.82. The Morgan fingerprint density at radius 3 is 2.94 bits per heavy atom. The highest BCUT2D eigenvalue weighted by Crippen LogP contribution is 2.24. The topological polar surface area (TPSA) is 130 Å². The second-order valence-corrected chi connectivity index (χ2v) is 7.60. The fraction of sp³-hybridized carbons (Fsp3) is 0.273. The number of benzene rings is 1. The van der Waals surface area contributed by atoms with Crippen LogP contribution < -0.4 is 16.0 Å². The Balaban J connectivity index is 1.61. The zero-order valence-electron chi connectivity index (χ0n) is 17.7. The summed E-state index contributed by atoms with van der Waals surface area (Å²) in [5.74, 6) is -0.283. The van der Waals surface area contributed by atoms with Crippen LogP contribution in [-0.4, -0.2) is 63.1 Å². The van der Waals surface area contributed by atoms with Crippen LogP contribution in [0, 0.1) is 0 Å².